The van der Waals surface area contributed by atoms with Gasteiger partial charge in [0, 0.05) is 16.3 Å². The van der Waals surface area contributed by atoms with E-state index in [0.29, 0.717) is 10.4 Å². The highest BCUT2D eigenvalue weighted by Gasteiger charge is 2.37. The summed E-state index contributed by atoms with van der Waals surface area (Å²) in [6, 6.07) is 13.6. The Kier molecular flexibility index (Phi) is 7.53. The number of carbonyl (C=O) groups excluding carboxylic acids is 1. The monoisotopic (exact) mass is 561 g/mol. The molecule has 2 aromatic carbocycles. The summed E-state index contributed by atoms with van der Waals surface area (Å²) in [6.07, 6.45) is 10.3. The lowest BCUT2D eigenvalue weighted by Crippen LogP contribution is -2.47. The first kappa shape index (κ1) is 27.5. The molecule has 1 aromatic heterocycles. The van der Waals surface area contributed by atoms with Gasteiger partial charge >= 0.3 is 5.97 Å². The number of ether oxygens (including phenoxy) is 1. The van der Waals surface area contributed by atoms with Crippen molar-refractivity contribution in [2.75, 3.05) is 32.7 Å². The highest BCUT2D eigenvalue weighted by molar-refractivity contribution is 6.30. The maximum absolute atomic E-state index is 13.3. The van der Waals surface area contributed by atoms with Gasteiger partial charge in [-0.3, -0.25) is 4.90 Å². The first-order valence-electron chi connectivity index (χ1n) is 14.7. The Hall–Kier alpha value is -2.67. The van der Waals surface area contributed by atoms with E-state index in [1.807, 2.05) is 45.0 Å². The summed E-state index contributed by atoms with van der Waals surface area (Å²) in [7, 11) is 0. The van der Waals surface area contributed by atoms with Crippen LogP contribution in [0.4, 0.5) is 0 Å². The van der Waals surface area contributed by atoms with Crippen LogP contribution in [0.2, 0.25) is 5.02 Å². The lowest BCUT2D eigenvalue weighted by molar-refractivity contribution is -0.162. The number of carbonyl (C=O) groups is 1. The van der Waals surface area contributed by atoms with Gasteiger partial charge in [0.25, 0.3) is 0 Å². The smallest absolute Gasteiger partial charge is 0.328 e. The minimum Gasteiger partial charge on any atom is -0.459 e. The van der Waals surface area contributed by atoms with E-state index in [4.69, 9.17) is 20.9 Å². The second-order valence-electron chi connectivity index (χ2n) is 12.9. The highest BCUT2D eigenvalue weighted by Crippen LogP contribution is 2.42. The van der Waals surface area contributed by atoms with Crippen LogP contribution >= 0.6 is 11.6 Å². The van der Waals surface area contributed by atoms with Crippen LogP contribution in [0.3, 0.4) is 0 Å². The van der Waals surface area contributed by atoms with Crippen molar-refractivity contribution in [3.8, 4) is 0 Å². The number of hydrogen-bond acceptors (Lipinski definition) is 6. The van der Waals surface area contributed by atoms with Gasteiger partial charge in [-0.2, -0.15) is 0 Å². The molecule has 6 nitrogen and oxygen atoms in total. The minimum absolute atomic E-state index is 0.223. The molecule has 0 spiro atoms. The quantitative estimate of drug-likeness (QED) is 0.296. The molecule has 40 heavy (non-hydrogen) atoms. The number of aromatic nitrogens is 1. The van der Waals surface area contributed by atoms with E-state index in [1.165, 1.54) is 44.5 Å². The minimum atomic E-state index is -0.554. The fourth-order valence-electron chi connectivity index (χ4n) is 6.68. The molecule has 3 aromatic rings. The molecule has 0 radical (unpaired) electrons. The van der Waals surface area contributed by atoms with Crippen molar-refractivity contribution in [3.05, 3.63) is 70.4 Å². The summed E-state index contributed by atoms with van der Waals surface area (Å²) < 4.78 is 11.7. The van der Waals surface area contributed by atoms with Crippen LogP contribution in [-0.4, -0.2) is 59.3 Å². The van der Waals surface area contributed by atoms with Gasteiger partial charge in [0.2, 0.25) is 0 Å². The Bertz CT molecular complexity index is 1360. The second-order valence-corrected chi connectivity index (χ2v) is 13.3. The Morgan fingerprint density at radius 2 is 1.73 bits per heavy atom. The van der Waals surface area contributed by atoms with Crippen LogP contribution in [-0.2, 0) is 9.53 Å². The summed E-state index contributed by atoms with van der Waals surface area (Å²) in [5.74, 6) is 0.0637. The van der Waals surface area contributed by atoms with Crippen molar-refractivity contribution in [1.29, 1.82) is 0 Å². The maximum atomic E-state index is 13.3. The lowest BCUT2D eigenvalue weighted by Gasteiger charge is -2.47. The normalized spacial score (nSPS) is 25.1. The Morgan fingerprint density at radius 3 is 2.38 bits per heavy atom. The zero-order valence-electron chi connectivity index (χ0n) is 23.9. The van der Waals surface area contributed by atoms with E-state index in [1.54, 1.807) is 0 Å². The molecule has 4 saturated heterocycles. The van der Waals surface area contributed by atoms with Gasteiger partial charge < -0.3 is 14.2 Å². The highest BCUT2D eigenvalue weighted by atomic mass is 35.5. The lowest BCUT2D eigenvalue weighted by atomic mass is 9.72. The molecule has 2 bridgehead atoms. The topological polar surface area (TPSA) is 58.8 Å². The molecule has 4 fully saturated rings. The average molecular weight is 562 g/mol. The molecular formula is C33H40ClN3O3. The molecule has 0 saturated carbocycles. The van der Waals surface area contributed by atoms with Crippen LogP contribution < -0.4 is 0 Å². The summed E-state index contributed by atoms with van der Waals surface area (Å²) >= 11 is 6.14. The third kappa shape index (κ3) is 5.86. The van der Waals surface area contributed by atoms with E-state index < -0.39 is 11.6 Å². The van der Waals surface area contributed by atoms with Crippen molar-refractivity contribution in [1.82, 2.24) is 15.0 Å². The van der Waals surface area contributed by atoms with Gasteiger partial charge in [0.1, 0.15) is 11.6 Å². The third-order valence-electron chi connectivity index (χ3n) is 9.03. The van der Waals surface area contributed by atoms with Gasteiger partial charge in [-0.05, 0) is 126 Å². The largest absolute Gasteiger partial charge is 0.459 e. The van der Waals surface area contributed by atoms with Crippen LogP contribution in [0.15, 0.2) is 53.1 Å². The SMILES string of the molecule is CC(C)(C)OC(=O)C(c1ccc(Cl)cc1)N1CCC(c2noc3cc(C=CC45CCN(CC4)CC5)ccc23)CC1. The zero-order chi connectivity index (χ0) is 27.9. The maximum Gasteiger partial charge on any atom is 0.328 e. The number of esters is 1. The van der Waals surface area contributed by atoms with E-state index >= 15 is 0 Å². The zero-order valence-corrected chi connectivity index (χ0v) is 24.6. The van der Waals surface area contributed by atoms with E-state index in [2.05, 4.69) is 45.3 Å². The molecule has 5 heterocycles. The van der Waals surface area contributed by atoms with E-state index in [-0.39, 0.29) is 11.9 Å². The van der Waals surface area contributed by atoms with Crippen LogP contribution in [0.1, 0.15) is 81.7 Å². The molecule has 7 heteroatoms. The number of likely N-dealkylation sites (tertiary alicyclic amines) is 1. The fourth-order valence-corrected chi connectivity index (χ4v) is 6.80. The second kappa shape index (κ2) is 11.0. The van der Waals surface area contributed by atoms with Gasteiger partial charge in [0.05, 0.1) is 5.69 Å². The molecular weight excluding hydrogens is 522 g/mol. The van der Waals surface area contributed by atoms with Crippen LogP contribution in [0.25, 0.3) is 17.0 Å². The Morgan fingerprint density at radius 1 is 1.05 bits per heavy atom. The molecule has 1 unspecified atom stereocenters. The average Bonchev–Trinajstić information content (AvgIpc) is 3.37. The molecule has 7 rings (SSSR count). The number of fused-ring (bicyclic) bond motifs is 4. The number of allylic oxidation sites excluding steroid dienone is 1. The molecule has 1 atom stereocenters. The predicted octanol–water partition coefficient (Wildman–Crippen LogP) is 7.24. The van der Waals surface area contributed by atoms with Gasteiger partial charge in [-0.15, -0.1) is 0 Å². The summed E-state index contributed by atoms with van der Waals surface area (Å²) in [6.45, 7) is 10.9. The molecule has 4 aliphatic heterocycles. The number of hydrogen-bond donors (Lipinski definition) is 0. The Balaban J connectivity index is 1.15. The number of nitrogens with zero attached hydrogens (tertiary/aromatic N) is 3. The van der Waals surface area contributed by atoms with Gasteiger partial charge in [-0.25, -0.2) is 4.79 Å². The van der Waals surface area contributed by atoms with E-state index in [0.717, 1.165) is 48.2 Å². The van der Waals surface area contributed by atoms with Crippen molar-refractivity contribution in [3.63, 3.8) is 0 Å². The molecule has 4 aliphatic rings. The molecule has 0 N–H and O–H groups in total. The molecule has 0 amide bonds. The fraction of sp³-hybridized carbons (Fsp3) is 0.515. The van der Waals surface area contributed by atoms with E-state index in [9.17, 15) is 4.79 Å². The molecule has 0 aliphatic carbocycles. The first-order valence-corrected chi connectivity index (χ1v) is 15.1. The van der Waals surface area contributed by atoms with Crippen LogP contribution in [0.5, 0.6) is 0 Å². The van der Waals surface area contributed by atoms with Crippen molar-refractivity contribution >= 4 is 34.6 Å². The predicted molar refractivity (Wildman–Crippen MR) is 159 cm³/mol. The number of benzene rings is 2. The number of piperidine rings is 4. The van der Waals surface area contributed by atoms with Crippen LogP contribution in [0, 0.1) is 5.41 Å². The van der Waals surface area contributed by atoms with Crippen molar-refractivity contribution < 1.29 is 14.1 Å². The summed E-state index contributed by atoms with van der Waals surface area (Å²) in [5, 5.41) is 6.29. The number of rotatable bonds is 6. The van der Waals surface area contributed by atoms with Crippen molar-refractivity contribution in [2.45, 2.75) is 70.4 Å². The van der Waals surface area contributed by atoms with Gasteiger partial charge in [-0.1, -0.05) is 47.1 Å². The number of halogens is 1. The first-order chi connectivity index (χ1) is 19.2. The molecule has 212 valence electrons. The standard InChI is InChI=1S/C33H40ClN3O3/c1-32(2,3)39-31(38)30(25-5-7-26(34)8-6-25)37-17-11-24(12-18-37)29-27-9-4-23(22-28(27)40-35-29)10-13-33-14-19-36(20-15-33)21-16-33/h4-10,13,22,24,30H,11-12,14-21H2,1-3H3. The van der Waals surface area contributed by atoms with Gasteiger partial charge in [0.15, 0.2) is 5.58 Å². The summed E-state index contributed by atoms with van der Waals surface area (Å²) in [4.78, 5) is 18.1. The Labute approximate surface area is 242 Å². The van der Waals surface area contributed by atoms with Crippen molar-refractivity contribution in [2.24, 2.45) is 5.41 Å². The summed E-state index contributed by atoms with van der Waals surface area (Å²) in [5.41, 5.74) is 3.78. The third-order valence-corrected chi connectivity index (χ3v) is 9.28.